The molecule has 140 valence electrons. The van der Waals surface area contributed by atoms with Crippen molar-refractivity contribution in [3.63, 3.8) is 0 Å². The Balaban J connectivity index is 1.40. The van der Waals surface area contributed by atoms with Gasteiger partial charge in [-0.15, -0.1) is 0 Å². The minimum atomic E-state index is 0.461. The molecule has 26 heavy (non-hydrogen) atoms. The van der Waals surface area contributed by atoms with Gasteiger partial charge < -0.3 is 0 Å². The summed E-state index contributed by atoms with van der Waals surface area (Å²) in [4.78, 5) is 9.78. The van der Waals surface area contributed by atoms with E-state index in [0.717, 1.165) is 25.5 Å². The lowest BCUT2D eigenvalue weighted by Crippen LogP contribution is -2.52. The molecular weight excluding hydrogens is 322 g/mol. The Bertz CT molecular complexity index is 693. The Kier molecular flexibility index (Phi) is 5.36. The highest BCUT2D eigenvalue weighted by molar-refractivity contribution is 5.14. The third-order valence-corrected chi connectivity index (χ3v) is 6.09. The van der Waals surface area contributed by atoms with Gasteiger partial charge in [0.1, 0.15) is 12.2 Å². The zero-order valence-corrected chi connectivity index (χ0v) is 16.0. The second-order valence-corrected chi connectivity index (χ2v) is 8.11. The minimum absolute atomic E-state index is 0.461. The molecule has 3 heterocycles. The molecular formula is C21H31N5. The maximum absolute atomic E-state index is 4.49. The normalized spacial score (nSPS) is 25.0. The Hall–Kier alpha value is -1.72. The molecule has 1 atom stereocenters. The average molecular weight is 354 g/mol. The standard InChI is InChI=1S/C21H31N5/c1-2-26-20(22-18-23-26)15-25-13-7-11-21(17-25)10-6-12-24(16-21)14-19-8-4-3-5-9-19/h3-5,8-9,18H,2,6-7,10-17H2,1H3/t21-/m1/s1. The van der Waals surface area contributed by atoms with Gasteiger partial charge in [-0.2, -0.15) is 5.10 Å². The van der Waals surface area contributed by atoms with Gasteiger partial charge in [0.2, 0.25) is 0 Å². The molecule has 0 bridgehead atoms. The molecule has 1 aromatic carbocycles. The average Bonchev–Trinajstić information content (AvgIpc) is 3.10. The summed E-state index contributed by atoms with van der Waals surface area (Å²) in [5.74, 6) is 1.11. The molecule has 2 aromatic rings. The van der Waals surface area contributed by atoms with E-state index in [0.29, 0.717) is 5.41 Å². The molecule has 0 unspecified atom stereocenters. The highest BCUT2D eigenvalue weighted by atomic mass is 15.3. The number of likely N-dealkylation sites (tertiary alicyclic amines) is 2. The van der Waals surface area contributed by atoms with Crippen LogP contribution >= 0.6 is 0 Å². The van der Waals surface area contributed by atoms with Gasteiger partial charge in [0, 0.05) is 26.2 Å². The van der Waals surface area contributed by atoms with Gasteiger partial charge in [0.15, 0.2) is 0 Å². The summed E-state index contributed by atoms with van der Waals surface area (Å²) in [5.41, 5.74) is 1.90. The van der Waals surface area contributed by atoms with Crippen molar-refractivity contribution in [3.8, 4) is 0 Å². The van der Waals surface area contributed by atoms with E-state index in [1.807, 2.05) is 4.68 Å². The van der Waals surface area contributed by atoms with Gasteiger partial charge in [0.05, 0.1) is 6.54 Å². The van der Waals surface area contributed by atoms with E-state index in [1.54, 1.807) is 6.33 Å². The summed E-state index contributed by atoms with van der Waals surface area (Å²) < 4.78 is 2.03. The second kappa shape index (κ2) is 7.89. The molecule has 2 fully saturated rings. The van der Waals surface area contributed by atoms with Crippen molar-refractivity contribution in [2.75, 3.05) is 26.2 Å². The Labute approximate surface area is 157 Å². The summed E-state index contributed by atoms with van der Waals surface area (Å²) in [7, 11) is 0. The number of aryl methyl sites for hydroxylation is 1. The number of nitrogens with zero attached hydrogens (tertiary/aromatic N) is 5. The van der Waals surface area contributed by atoms with Crippen LogP contribution < -0.4 is 0 Å². The van der Waals surface area contributed by atoms with Crippen molar-refractivity contribution in [1.29, 1.82) is 0 Å². The van der Waals surface area contributed by atoms with Gasteiger partial charge in [-0.05, 0) is 56.7 Å². The third-order valence-electron chi connectivity index (χ3n) is 6.09. The zero-order valence-electron chi connectivity index (χ0n) is 16.0. The number of benzene rings is 1. The van der Waals surface area contributed by atoms with Crippen molar-refractivity contribution in [3.05, 3.63) is 48.0 Å². The van der Waals surface area contributed by atoms with Crippen LogP contribution in [0, 0.1) is 5.41 Å². The highest BCUT2D eigenvalue weighted by Gasteiger charge is 2.39. The van der Waals surface area contributed by atoms with Crippen molar-refractivity contribution in [1.82, 2.24) is 24.6 Å². The van der Waals surface area contributed by atoms with Crippen LogP contribution in [0.15, 0.2) is 36.7 Å². The van der Waals surface area contributed by atoms with Crippen molar-refractivity contribution < 1.29 is 0 Å². The van der Waals surface area contributed by atoms with E-state index in [2.05, 4.69) is 57.1 Å². The van der Waals surface area contributed by atoms with E-state index in [-0.39, 0.29) is 0 Å². The summed E-state index contributed by atoms with van der Waals surface area (Å²) in [6.07, 6.45) is 7.07. The van der Waals surface area contributed by atoms with Crippen LogP contribution in [0.25, 0.3) is 0 Å². The molecule has 1 spiro atoms. The first-order chi connectivity index (χ1) is 12.8. The fourth-order valence-corrected chi connectivity index (χ4v) is 4.94. The predicted octanol–water partition coefficient (Wildman–Crippen LogP) is 3.18. The first kappa shape index (κ1) is 17.7. The number of rotatable bonds is 5. The number of hydrogen-bond donors (Lipinski definition) is 0. The lowest BCUT2D eigenvalue weighted by Gasteiger charge is -2.48. The largest absolute Gasteiger partial charge is 0.298 e. The third kappa shape index (κ3) is 3.99. The van der Waals surface area contributed by atoms with Crippen LogP contribution in [0.2, 0.25) is 0 Å². The smallest absolute Gasteiger partial charge is 0.140 e. The molecule has 2 aliphatic heterocycles. The van der Waals surface area contributed by atoms with Crippen LogP contribution in [0.1, 0.15) is 44.0 Å². The lowest BCUT2D eigenvalue weighted by atomic mass is 9.73. The number of hydrogen-bond acceptors (Lipinski definition) is 4. The molecule has 1 aromatic heterocycles. The van der Waals surface area contributed by atoms with Gasteiger partial charge in [-0.3, -0.25) is 9.80 Å². The SMILES string of the molecule is CCn1ncnc1CN1CCC[C@@]2(CCCN(Cc3ccccc3)C2)C1. The molecule has 0 amide bonds. The van der Waals surface area contributed by atoms with Gasteiger partial charge in [-0.1, -0.05) is 30.3 Å². The van der Waals surface area contributed by atoms with E-state index in [1.165, 1.54) is 57.4 Å². The fraction of sp³-hybridized carbons (Fsp3) is 0.619. The Morgan fingerprint density at radius 2 is 1.65 bits per heavy atom. The molecule has 0 aliphatic carbocycles. The van der Waals surface area contributed by atoms with Crippen molar-refractivity contribution >= 4 is 0 Å². The second-order valence-electron chi connectivity index (χ2n) is 8.11. The topological polar surface area (TPSA) is 37.2 Å². The van der Waals surface area contributed by atoms with Crippen molar-refractivity contribution in [2.45, 2.75) is 52.2 Å². The molecule has 5 nitrogen and oxygen atoms in total. The number of piperidine rings is 2. The van der Waals surface area contributed by atoms with Crippen LogP contribution in [0.4, 0.5) is 0 Å². The first-order valence-electron chi connectivity index (χ1n) is 10.1. The van der Waals surface area contributed by atoms with Crippen LogP contribution in [0.5, 0.6) is 0 Å². The molecule has 2 saturated heterocycles. The monoisotopic (exact) mass is 353 g/mol. The van der Waals surface area contributed by atoms with Crippen LogP contribution in [0.3, 0.4) is 0 Å². The molecule has 5 heteroatoms. The van der Waals surface area contributed by atoms with E-state index < -0.39 is 0 Å². The first-order valence-corrected chi connectivity index (χ1v) is 10.1. The van der Waals surface area contributed by atoms with Crippen molar-refractivity contribution in [2.24, 2.45) is 5.41 Å². The molecule has 0 saturated carbocycles. The molecule has 0 radical (unpaired) electrons. The quantitative estimate of drug-likeness (QED) is 0.827. The lowest BCUT2D eigenvalue weighted by molar-refractivity contribution is 0.00651. The zero-order chi connectivity index (χ0) is 17.8. The van der Waals surface area contributed by atoms with Crippen LogP contribution in [-0.2, 0) is 19.6 Å². The van der Waals surface area contributed by atoms with Gasteiger partial charge in [-0.25, -0.2) is 9.67 Å². The molecule has 0 N–H and O–H groups in total. The molecule has 2 aliphatic rings. The van der Waals surface area contributed by atoms with Gasteiger partial charge >= 0.3 is 0 Å². The Morgan fingerprint density at radius 3 is 2.35 bits per heavy atom. The van der Waals surface area contributed by atoms with E-state index in [9.17, 15) is 0 Å². The number of aromatic nitrogens is 3. The fourth-order valence-electron chi connectivity index (χ4n) is 4.94. The molecule has 4 rings (SSSR count). The summed E-state index contributed by atoms with van der Waals surface area (Å²) in [6, 6.07) is 10.9. The summed E-state index contributed by atoms with van der Waals surface area (Å²) >= 11 is 0. The predicted molar refractivity (Wildman–Crippen MR) is 104 cm³/mol. The maximum Gasteiger partial charge on any atom is 0.140 e. The minimum Gasteiger partial charge on any atom is -0.298 e. The highest BCUT2D eigenvalue weighted by Crippen LogP contribution is 2.39. The van der Waals surface area contributed by atoms with Gasteiger partial charge in [0.25, 0.3) is 0 Å². The van der Waals surface area contributed by atoms with Crippen LogP contribution in [-0.4, -0.2) is 50.7 Å². The summed E-state index contributed by atoms with van der Waals surface area (Å²) in [5, 5.41) is 4.33. The van der Waals surface area contributed by atoms with E-state index in [4.69, 9.17) is 0 Å². The summed E-state index contributed by atoms with van der Waals surface area (Å²) in [6.45, 7) is 9.93. The van der Waals surface area contributed by atoms with E-state index >= 15 is 0 Å². The maximum atomic E-state index is 4.49. The Morgan fingerprint density at radius 1 is 0.962 bits per heavy atom.